The van der Waals surface area contributed by atoms with Crippen molar-refractivity contribution in [3.05, 3.63) is 23.7 Å². The molecule has 1 N–H and O–H groups in total. The molecule has 3 rings (SSSR count). The number of aliphatic hydroxyl groups is 1. The third-order valence-electron chi connectivity index (χ3n) is 3.04. The minimum absolute atomic E-state index is 0.187. The van der Waals surface area contributed by atoms with Gasteiger partial charge in [-0.25, -0.2) is 0 Å². The van der Waals surface area contributed by atoms with Crippen molar-refractivity contribution in [2.45, 2.75) is 31.8 Å². The van der Waals surface area contributed by atoms with Crippen LogP contribution in [-0.4, -0.2) is 34.1 Å². The van der Waals surface area contributed by atoms with Gasteiger partial charge in [-0.3, -0.25) is 0 Å². The summed E-state index contributed by atoms with van der Waals surface area (Å²) in [4.78, 5) is 4.34. The van der Waals surface area contributed by atoms with Crippen molar-refractivity contribution in [2.75, 3.05) is 13.2 Å². The summed E-state index contributed by atoms with van der Waals surface area (Å²) in [6, 6.07) is 3.42. The standard InChI is InChI=1S/C15H16N2O4/c1-15(2,18)7-5-11-3-4-12(20-11)14-16-13(17-21-14)10-6-8-19-9-10/h3-4,10,18H,6,8-9H2,1-2H3. The zero-order chi connectivity index (χ0) is 14.9. The van der Waals surface area contributed by atoms with Crippen LogP contribution in [0.25, 0.3) is 11.7 Å². The average molecular weight is 288 g/mol. The number of hydrogen-bond donors (Lipinski definition) is 1. The molecule has 1 atom stereocenters. The highest BCUT2D eigenvalue weighted by Crippen LogP contribution is 2.26. The van der Waals surface area contributed by atoms with Gasteiger partial charge in [0.25, 0.3) is 5.89 Å². The Hall–Kier alpha value is -2.10. The smallest absolute Gasteiger partial charge is 0.293 e. The molecular formula is C15H16N2O4. The van der Waals surface area contributed by atoms with Gasteiger partial charge >= 0.3 is 0 Å². The summed E-state index contributed by atoms with van der Waals surface area (Å²) in [5.41, 5.74) is -1.06. The van der Waals surface area contributed by atoms with Crippen molar-refractivity contribution >= 4 is 0 Å². The first-order valence-corrected chi connectivity index (χ1v) is 6.78. The normalized spacial score (nSPS) is 18.5. The average Bonchev–Trinajstić information content (AvgIpc) is 3.15. The van der Waals surface area contributed by atoms with E-state index in [1.807, 2.05) is 0 Å². The molecule has 0 aromatic carbocycles. The third kappa shape index (κ3) is 3.32. The number of furan rings is 1. The van der Waals surface area contributed by atoms with E-state index >= 15 is 0 Å². The quantitative estimate of drug-likeness (QED) is 0.851. The SMILES string of the molecule is CC(C)(O)C#Cc1ccc(-c2nc(C3CCOC3)no2)o1. The molecule has 3 heterocycles. The van der Waals surface area contributed by atoms with Crippen LogP contribution in [0.2, 0.25) is 0 Å². The van der Waals surface area contributed by atoms with Gasteiger partial charge in [0.2, 0.25) is 0 Å². The van der Waals surface area contributed by atoms with Gasteiger partial charge in [-0.1, -0.05) is 11.1 Å². The molecule has 2 aromatic heterocycles. The topological polar surface area (TPSA) is 81.5 Å². The van der Waals surface area contributed by atoms with Gasteiger partial charge in [0.1, 0.15) is 5.60 Å². The number of aromatic nitrogens is 2. The summed E-state index contributed by atoms with van der Waals surface area (Å²) >= 11 is 0. The molecule has 0 spiro atoms. The van der Waals surface area contributed by atoms with Gasteiger partial charge in [-0.05, 0) is 38.3 Å². The zero-order valence-corrected chi connectivity index (χ0v) is 11.9. The van der Waals surface area contributed by atoms with Crippen molar-refractivity contribution in [3.8, 4) is 23.5 Å². The molecule has 21 heavy (non-hydrogen) atoms. The van der Waals surface area contributed by atoms with Gasteiger partial charge < -0.3 is 18.8 Å². The summed E-state index contributed by atoms with van der Waals surface area (Å²) in [6.07, 6.45) is 0.902. The second-order valence-corrected chi connectivity index (χ2v) is 5.49. The molecule has 0 amide bonds. The summed E-state index contributed by atoms with van der Waals surface area (Å²) < 4.78 is 16.1. The Bertz CT molecular complexity index is 678. The van der Waals surface area contributed by atoms with E-state index in [-0.39, 0.29) is 5.92 Å². The minimum atomic E-state index is -1.06. The second-order valence-electron chi connectivity index (χ2n) is 5.49. The maximum atomic E-state index is 9.56. The molecule has 0 aliphatic carbocycles. The molecular weight excluding hydrogens is 272 g/mol. The molecule has 1 unspecified atom stereocenters. The zero-order valence-electron chi connectivity index (χ0n) is 11.9. The Morgan fingerprint density at radius 1 is 1.38 bits per heavy atom. The van der Waals surface area contributed by atoms with Crippen LogP contribution in [0, 0.1) is 11.8 Å². The van der Waals surface area contributed by atoms with Crippen LogP contribution in [0.1, 0.15) is 37.8 Å². The van der Waals surface area contributed by atoms with Crippen molar-refractivity contribution in [1.82, 2.24) is 10.1 Å². The third-order valence-corrected chi connectivity index (χ3v) is 3.04. The van der Waals surface area contributed by atoms with Crippen LogP contribution in [0.4, 0.5) is 0 Å². The van der Waals surface area contributed by atoms with Crippen molar-refractivity contribution in [1.29, 1.82) is 0 Å². The molecule has 1 fully saturated rings. The highest BCUT2D eigenvalue weighted by Gasteiger charge is 2.24. The van der Waals surface area contributed by atoms with Crippen LogP contribution in [-0.2, 0) is 4.74 Å². The molecule has 6 heteroatoms. The summed E-state index contributed by atoms with van der Waals surface area (Å²) in [6.45, 7) is 4.57. The van der Waals surface area contributed by atoms with Crippen LogP contribution in [0.5, 0.6) is 0 Å². The van der Waals surface area contributed by atoms with Crippen LogP contribution in [0.15, 0.2) is 21.1 Å². The van der Waals surface area contributed by atoms with E-state index in [2.05, 4.69) is 22.0 Å². The van der Waals surface area contributed by atoms with E-state index in [0.29, 0.717) is 29.8 Å². The largest absolute Gasteiger partial charge is 0.443 e. The van der Waals surface area contributed by atoms with E-state index in [9.17, 15) is 5.11 Å². The Labute approximate surface area is 122 Å². The fraction of sp³-hybridized carbons (Fsp3) is 0.467. The van der Waals surface area contributed by atoms with Gasteiger partial charge in [-0.2, -0.15) is 4.98 Å². The van der Waals surface area contributed by atoms with Gasteiger partial charge in [0.15, 0.2) is 17.3 Å². The highest BCUT2D eigenvalue weighted by atomic mass is 16.5. The monoisotopic (exact) mass is 288 g/mol. The van der Waals surface area contributed by atoms with Crippen LogP contribution >= 0.6 is 0 Å². The summed E-state index contributed by atoms with van der Waals surface area (Å²) in [5, 5.41) is 13.5. The molecule has 1 aliphatic rings. The van der Waals surface area contributed by atoms with Gasteiger partial charge in [-0.15, -0.1) is 0 Å². The Balaban J connectivity index is 1.78. The predicted molar refractivity (Wildman–Crippen MR) is 73.4 cm³/mol. The Kier molecular flexibility index (Phi) is 3.53. The van der Waals surface area contributed by atoms with E-state index in [1.165, 1.54) is 0 Å². The van der Waals surface area contributed by atoms with Gasteiger partial charge in [0.05, 0.1) is 6.61 Å². The van der Waals surface area contributed by atoms with E-state index in [0.717, 1.165) is 13.0 Å². The molecule has 6 nitrogen and oxygen atoms in total. The first-order valence-electron chi connectivity index (χ1n) is 6.78. The summed E-state index contributed by atoms with van der Waals surface area (Å²) in [5.74, 6) is 7.50. The lowest BCUT2D eigenvalue weighted by Crippen LogP contribution is -2.14. The van der Waals surface area contributed by atoms with E-state index < -0.39 is 5.60 Å². The van der Waals surface area contributed by atoms with Crippen molar-refractivity contribution in [3.63, 3.8) is 0 Å². The fourth-order valence-corrected chi connectivity index (χ4v) is 1.97. The van der Waals surface area contributed by atoms with E-state index in [4.69, 9.17) is 13.7 Å². The summed E-state index contributed by atoms with van der Waals surface area (Å²) in [7, 11) is 0. The molecule has 0 saturated carbocycles. The van der Waals surface area contributed by atoms with Gasteiger partial charge in [0, 0.05) is 12.5 Å². The second kappa shape index (κ2) is 5.35. The fourth-order valence-electron chi connectivity index (χ4n) is 1.97. The maximum absolute atomic E-state index is 9.56. The molecule has 0 bridgehead atoms. The number of hydrogen-bond acceptors (Lipinski definition) is 6. The van der Waals surface area contributed by atoms with Crippen molar-refractivity contribution < 1.29 is 18.8 Å². The maximum Gasteiger partial charge on any atom is 0.293 e. The number of rotatable bonds is 2. The number of nitrogens with zero attached hydrogens (tertiary/aromatic N) is 2. The molecule has 2 aromatic rings. The van der Waals surface area contributed by atoms with E-state index in [1.54, 1.807) is 26.0 Å². The van der Waals surface area contributed by atoms with Crippen LogP contribution in [0.3, 0.4) is 0 Å². The number of ether oxygens (including phenoxy) is 1. The lowest BCUT2D eigenvalue weighted by Gasteiger charge is -2.05. The minimum Gasteiger partial charge on any atom is -0.443 e. The Morgan fingerprint density at radius 3 is 2.95 bits per heavy atom. The van der Waals surface area contributed by atoms with Crippen molar-refractivity contribution in [2.24, 2.45) is 0 Å². The molecule has 1 aliphatic heterocycles. The van der Waals surface area contributed by atoms with Crippen LogP contribution < -0.4 is 0 Å². The highest BCUT2D eigenvalue weighted by molar-refractivity contribution is 5.46. The molecule has 1 saturated heterocycles. The lowest BCUT2D eigenvalue weighted by atomic mass is 10.1. The first-order chi connectivity index (χ1) is 10.0. The molecule has 0 radical (unpaired) electrons. The first kappa shape index (κ1) is 13.9. The Morgan fingerprint density at radius 2 is 2.24 bits per heavy atom. The lowest BCUT2D eigenvalue weighted by molar-refractivity contribution is 0.143. The molecule has 110 valence electrons. The predicted octanol–water partition coefficient (Wildman–Crippen LogP) is 1.96.